The van der Waals surface area contributed by atoms with E-state index in [2.05, 4.69) is 55.5 Å². The van der Waals surface area contributed by atoms with Gasteiger partial charge in [0, 0.05) is 0 Å². The predicted molar refractivity (Wildman–Crippen MR) is 105 cm³/mol. The molecule has 0 saturated heterocycles. The van der Waals surface area contributed by atoms with Gasteiger partial charge in [0.15, 0.2) is 0 Å². The maximum atomic E-state index is 10.3. The molecule has 2 nitrogen and oxygen atoms in total. The van der Waals surface area contributed by atoms with Crippen molar-refractivity contribution in [1.82, 2.24) is 0 Å². The van der Waals surface area contributed by atoms with E-state index in [0.29, 0.717) is 0 Å². The van der Waals surface area contributed by atoms with E-state index in [1.165, 1.54) is 19.3 Å². The molecule has 0 spiro atoms. The van der Waals surface area contributed by atoms with Crippen LogP contribution in [0, 0.1) is 0 Å². The van der Waals surface area contributed by atoms with Gasteiger partial charge in [-0.05, 0) is 57.8 Å². The predicted octanol–water partition coefficient (Wildman–Crippen LogP) is 6.77. The Morgan fingerprint density at radius 1 is 0.667 bits per heavy atom. The molecule has 1 N–H and O–H groups in total. The van der Waals surface area contributed by atoms with Gasteiger partial charge in [0.2, 0.25) is 0 Å². The summed E-state index contributed by atoms with van der Waals surface area (Å²) in [5, 5.41) is 8.48. The average Bonchev–Trinajstić information content (AvgIpc) is 2.56. The van der Waals surface area contributed by atoms with Gasteiger partial charge in [-0.3, -0.25) is 4.79 Å². The summed E-state index contributed by atoms with van der Waals surface area (Å²) in [6.07, 6.45) is 31.5. The molecule has 0 atom stereocenters. The Labute approximate surface area is 148 Å². The van der Waals surface area contributed by atoms with E-state index in [0.717, 1.165) is 38.5 Å². The molecule has 0 aromatic carbocycles. The molecule has 0 heterocycles. The third kappa shape index (κ3) is 20.2. The molecule has 0 aliphatic heterocycles. The standard InChI is InChI=1S/C22H34O2/c1-2-3-4-5-6-7-8-9-10-11-12-13-14-15-16-17-18-19-20-21-22(23)24/h3-4,6-7,12-13,15-16,19-20H,2,5,8-11,14,17-18,21H2,1H3,(H,23,24). The van der Waals surface area contributed by atoms with Crippen LogP contribution >= 0.6 is 0 Å². The van der Waals surface area contributed by atoms with Gasteiger partial charge in [-0.1, -0.05) is 67.7 Å². The number of carbonyl (C=O) groups is 1. The van der Waals surface area contributed by atoms with Gasteiger partial charge in [-0.15, -0.1) is 0 Å². The number of carboxylic acids is 1. The normalized spacial score (nSPS) is 12.7. The first kappa shape index (κ1) is 22.2. The third-order valence-electron chi connectivity index (χ3n) is 3.40. The maximum Gasteiger partial charge on any atom is 0.307 e. The molecule has 0 fully saturated rings. The van der Waals surface area contributed by atoms with Crippen LogP contribution in [0.15, 0.2) is 60.8 Å². The second kappa shape index (κ2) is 19.2. The van der Waals surface area contributed by atoms with E-state index < -0.39 is 5.97 Å². The molecule has 0 saturated carbocycles. The molecule has 0 rings (SSSR count). The maximum absolute atomic E-state index is 10.3. The highest BCUT2D eigenvalue weighted by Gasteiger charge is 1.87. The first-order valence-electron chi connectivity index (χ1n) is 9.24. The lowest BCUT2D eigenvalue weighted by Crippen LogP contribution is -1.89. The minimum Gasteiger partial charge on any atom is -0.481 e. The van der Waals surface area contributed by atoms with Crippen molar-refractivity contribution in [2.45, 2.75) is 71.1 Å². The van der Waals surface area contributed by atoms with Crippen molar-refractivity contribution < 1.29 is 9.90 Å². The number of aliphatic carboxylic acids is 1. The van der Waals surface area contributed by atoms with Crippen molar-refractivity contribution in [3.05, 3.63) is 60.8 Å². The van der Waals surface area contributed by atoms with Crippen molar-refractivity contribution in [2.24, 2.45) is 0 Å². The summed E-state index contributed by atoms with van der Waals surface area (Å²) in [6.45, 7) is 2.16. The van der Waals surface area contributed by atoms with Crippen molar-refractivity contribution in [2.75, 3.05) is 0 Å². The van der Waals surface area contributed by atoms with Gasteiger partial charge in [0.05, 0.1) is 6.42 Å². The zero-order valence-electron chi connectivity index (χ0n) is 15.2. The molecule has 134 valence electrons. The zero-order valence-corrected chi connectivity index (χ0v) is 15.2. The van der Waals surface area contributed by atoms with Crippen LogP contribution in [-0.4, -0.2) is 11.1 Å². The molecule has 0 bridgehead atoms. The first-order chi connectivity index (χ1) is 11.8. The van der Waals surface area contributed by atoms with Crippen LogP contribution in [0.1, 0.15) is 71.1 Å². The lowest BCUT2D eigenvalue weighted by molar-refractivity contribution is -0.136. The van der Waals surface area contributed by atoms with Gasteiger partial charge in [0.1, 0.15) is 0 Å². The average molecular weight is 331 g/mol. The minimum absolute atomic E-state index is 0.123. The van der Waals surface area contributed by atoms with Crippen LogP contribution in [0.2, 0.25) is 0 Å². The van der Waals surface area contributed by atoms with Gasteiger partial charge >= 0.3 is 5.97 Å². The highest BCUT2D eigenvalue weighted by atomic mass is 16.4. The Morgan fingerprint density at radius 3 is 1.62 bits per heavy atom. The summed E-state index contributed by atoms with van der Waals surface area (Å²) in [6, 6.07) is 0. The topological polar surface area (TPSA) is 37.3 Å². The van der Waals surface area contributed by atoms with Crippen LogP contribution in [0.5, 0.6) is 0 Å². The molecule has 0 aromatic rings. The molecule has 0 aliphatic carbocycles. The fourth-order valence-electron chi connectivity index (χ4n) is 2.08. The Balaban J connectivity index is 3.37. The van der Waals surface area contributed by atoms with Crippen molar-refractivity contribution in [1.29, 1.82) is 0 Å². The number of carboxylic acid groups (broad SMARTS) is 1. The van der Waals surface area contributed by atoms with Crippen LogP contribution in [0.25, 0.3) is 0 Å². The summed E-state index contributed by atoms with van der Waals surface area (Å²) in [7, 11) is 0. The fraction of sp³-hybridized carbons (Fsp3) is 0.500. The summed E-state index contributed by atoms with van der Waals surface area (Å²) < 4.78 is 0. The van der Waals surface area contributed by atoms with E-state index in [1.807, 2.05) is 6.08 Å². The van der Waals surface area contributed by atoms with Crippen LogP contribution in [-0.2, 0) is 4.79 Å². The minimum atomic E-state index is -0.771. The van der Waals surface area contributed by atoms with Gasteiger partial charge < -0.3 is 5.11 Å². The first-order valence-corrected chi connectivity index (χ1v) is 9.24. The lowest BCUT2D eigenvalue weighted by atomic mass is 10.1. The zero-order chi connectivity index (χ0) is 17.7. The Morgan fingerprint density at radius 2 is 1.12 bits per heavy atom. The van der Waals surface area contributed by atoms with Crippen molar-refractivity contribution >= 4 is 5.97 Å². The second-order valence-electron chi connectivity index (χ2n) is 5.70. The molecule has 0 unspecified atom stereocenters. The van der Waals surface area contributed by atoms with Crippen molar-refractivity contribution in [3.63, 3.8) is 0 Å². The lowest BCUT2D eigenvalue weighted by Gasteiger charge is -1.93. The number of rotatable bonds is 15. The molecule has 24 heavy (non-hydrogen) atoms. The van der Waals surface area contributed by atoms with E-state index in [4.69, 9.17) is 5.11 Å². The fourth-order valence-corrected chi connectivity index (χ4v) is 2.08. The quantitative estimate of drug-likeness (QED) is 0.265. The van der Waals surface area contributed by atoms with Crippen molar-refractivity contribution in [3.8, 4) is 0 Å². The summed E-state index contributed by atoms with van der Waals surface area (Å²) >= 11 is 0. The van der Waals surface area contributed by atoms with E-state index in [9.17, 15) is 4.79 Å². The highest BCUT2D eigenvalue weighted by molar-refractivity contribution is 5.68. The second-order valence-corrected chi connectivity index (χ2v) is 5.70. The Hall–Kier alpha value is -1.83. The smallest absolute Gasteiger partial charge is 0.307 e. The summed E-state index contributed by atoms with van der Waals surface area (Å²) in [4.78, 5) is 10.3. The number of hydrogen-bond donors (Lipinski definition) is 1. The summed E-state index contributed by atoms with van der Waals surface area (Å²) in [5.74, 6) is -0.771. The molecular formula is C22H34O2. The summed E-state index contributed by atoms with van der Waals surface area (Å²) in [5.41, 5.74) is 0. The Bertz CT molecular complexity index is 425. The monoisotopic (exact) mass is 330 g/mol. The van der Waals surface area contributed by atoms with Crippen LogP contribution < -0.4 is 0 Å². The van der Waals surface area contributed by atoms with E-state index >= 15 is 0 Å². The van der Waals surface area contributed by atoms with Crippen LogP contribution in [0.3, 0.4) is 0 Å². The molecule has 0 aromatic heterocycles. The number of allylic oxidation sites excluding steroid dienone is 9. The van der Waals surface area contributed by atoms with E-state index in [-0.39, 0.29) is 6.42 Å². The molecular weight excluding hydrogens is 296 g/mol. The largest absolute Gasteiger partial charge is 0.481 e. The van der Waals surface area contributed by atoms with Gasteiger partial charge in [-0.2, -0.15) is 0 Å². The Kier molecular flexibility index (Phi) is 17.8. The SMILES string of the molecule is CCC=CCC=CCCCCC=CCC=CCCC=CCC(=O)O. The number of unbranched alkanes of at least 4 members (excludes halogenated alkanes) is 4. The van der Waals surface area contributed by atoms with Gasteiger partial charge in [0.25, 0.3) is 0 Å². The molecule has 0 amide bonds. The van der Waals surface area contributed by atoms with E-state index in [1.54, 1.807) is 6.08 Å². The molecule has 0 radical (unpaired) electrons. The molecule has 2 heteroatoms. The third-order valence-corrected chi connectivity index (χ3v) is 3.40. The molecule has 0 aliphatic rings. The number of hydrogen-bond acceptors (Lipinski definition) is 1. The van der Waals surface area contributed by atoms with Crippen LogP contribution in [0.4, 0.5) is 0 Å². The highest BCUT2D eigenvalue weighted by Crippen LogP contribution is 2.03. The van der Waals surface area contributed by atoms with Gasteiger partial charge in [-0.25, -0.2) is 0 Å².